The minimum absolute atomic E-state index is 0.00208. The maximum absolute atomic E-state index is 12.7. The fourth-order valence-electron chi connectivity index (χ4n) is 4.06. The van der Waals surface area contributed by atoms with E-state index in [9.17, 15) is 21.6 Å². The first-order valence-electron chi connectivity index (χ1n) is 10.5. The minimum Gasteiger partial charge on any atom is -0.349 e. The number of amides is 1. The Morgan fingerprint density at radius 1 is 1.21 bits per heavy atom. The van der Waals surface area contributed by atoms with Crippen LogP contribution in [0.4, 0.5) is 0 Å². The standard InChI is InChI=1S/C22H26N4O5S2/c1-25(2)33(30,31)15-8-9-19-18(14-15)23-21(26(19)3)10-11-22(27)24-17-12-13-32(28,29)20-7-5-4-6-16(17)20/h4-9,14,17H,10-13H2,1-3H3,(H,24,27)/t17-/m0/s1. The van der Waals surface area contributed by atoms with Crippen molar-refractivity contribution < 1.29 is 21.6 Å². The van der Waals surface area contributed by atoms with Gasteiger partial charge in [0, 0.05) is 34.0 Å². The van der Waals surface area contributed by atoms with Gasteiger partial charge in [0.2, 0.25) is 15.9 Å². The third kappa shape index (κ3) is 4.40. The summed E-state index contributed by atoms with van der Waals surface area (Å²) in [6.07, 6.45) is 0.866. The van der Waals surface area contributed by atoms with Crippen molar-refractivity contribution in [1.82, 2.24) is 19.2 Å². The third-order valence-corrected chi connectivity index (χ3v) is 9.57. The molecule has 0 saturated heterocycles. The molecule has 1 aromatic heterocycles. The van der Waals surface area contributed by atoms with Crippen LogP contribution in [0.2, 0.25) is 0 Å². The van der Waals surface area contributed by atoms with Crippen molar-refractivity contribution in [2.75, 3.05) is 19.8 Å². The predicted octanol–water partition coefficient (Wildman–Crippen LogP) is 1.79. The zero-order valence-electron chi connectivity index (χ0n) is 18.6. The molecule has 11 heteroatoms. The quantitative estimate of drug-likeness (QED) is 0.563. The van der Waals surface area contributed by atoms with Gasteiger partial charge in [-0.1, -0.05) is 18.2 Å². The number of hydrogen-bond donors (Lipinski definition) is 1. The van der Waals surface area contributed by atoms with Crippen molar-refractivity contribution in [2.45, 2.75) is 35.1 Å². The van der Waals surface area contributed by atoms with E-state index in [0.29, 0.717) is 29.7 Å². The highest BCUT2D eigenvalue weighted by Gasteiger charge is 2.30. The number of aryl methyl sites for hydroxylation is 2. The average Bonchev–Trinajstić information content (AvgIpc) is 3.09. The predicted molar refractivity (Wildman–Crippen MR) is 124 cm³/mol. The van der Waals surface area contributed by atoms with Crippen molar-refractivity contribution in [3.63, 3.8) is 0 Å². The molecule has 2 aromatic carbocycles. The molecule has 176 valence electrons. The van der Waals surface area contributed by atoms with E-state index < -0.39 is 19.9 Å². The second kappa shape index (κ2) is 8.54. The molecule has 2 heterocycles. The van der Waals surface area contributed by atoms with E-state index in [1.165, 1.54) is 20.2 Å². The fraction of sp³-hybridized carbons (Fsp3) is 0.364. The summed E-state index contributed by atoms with van der Waals surface area (Å²) < 4.78 is 52.4. The summed E-state index contributed by atoms with van der Waals surface area (Å²) in [5.41, 5.74) is 1.94. The summed E-state index contributed by atoms with van der Waals surface area (Å²) in [6.45, 7) is 0. The average molecular weight is 491 g/mol. The van der Waals surface area contributed by atoms with Crippen LogP contribution in [0, 0.1) is 0 Å². The van der Waals surface area contributed by atoms with E-state index in [1.807, 2.05) is 11.6 Å². The number of sulfonamides is 1. The van der Waals surface area contributed by atoms with Gasteiger partial charge in [-0.2, -0.15) is 0 Å². The molecule has 33 heavy (non-hydrogen) atoms. The van der Waals surface area contributed by atoms with Gasteiger partial charge in [0.15, 0.2) is 9.84 Å². The minimum atomic E-state index is -3.57. The van der Waals surface area contributed by atoms with Crippen molar-refractivity contribution in [2.24, 2.45) is 7.05 Å². The van der Waals surface area contributed by atoms with Crippen LogP contribution < -0.4 is 5.32 Å². The number of nitrogens with one attached hydrogen (secondary N) is 1. The third-order valence-electron chi connectivity index (χ3n) is 5.94. The molecule has 0 bridgehead atoms. The second-order valence-corrected chi connectivity index (χ2v) is 12.5. The molecule has 0 saturated carbocycles. The van der Waals surface area contributed by atoms with Gasteiger partial charge in [-0.15, -0.1) is 0 Å². The molecule has 1 aliphatic rings. The lowest BCUT2D eigenvalue weighted by molar-refractivity contribution is -0.121. The molecule has 0 radical (unpaired) electrons. The summed E-state index contributed by atoms with van der Waals surface area (Å²) >= 11 is 0. The zero-order valence-corrected chi connectivity index (χ0v) is 20.3. The first-order chi connectivity index (χ1) is 15.5. The summed E-state index contributed by atoms with van der Waals surface area (Å²) in [7, 11) is -2.11. The smallest absolute Gasteiger partial charge is 0.242 e. The lowest BCUT2D eigenvalue weighted by atomic mass is 10.0. The van der Waals surface area contributed by atoms with Gasteiger partial charge in [0.05, 0.1) is 32.6 Å². The van der Waals surface area contributed by atoms with Crippen molar-refractivity contribution >= 4 is 36.8 Å². The molecule has 1 N–H and O–H groups in total. The van der Waals surface area contributed by atoms with Gasteiger partial charge in [-0.05, 0) is 36.2 Å². The highest BCUT2D eigenvalue weighted by atomic mass is 32.2. The molecular weight excluding hydrogens is 464 g/mol. The normalized spacial score (nSPS) is 17.8. The summed E-state index contributed by atoms with van der Waals surface area (Å²) in [5, 5.41) is 2.95. The number of rotatable bonds is 6. The number of sulfone groups is 1. The SMILES string of the molecule is CN(C)S(=O)(=O)c1ccc2c(c1)nc(CCC(=O)N[C@H]1CCS(=O)(=O)c3ccccc31)n2C. The lowest BCUT2D eigenvalue weighted by Gasteiger charge is -2.26. The van der Waals surface area contributed by atoms with E-state index in [4.69, 9.17) is 0 Å². The number of carbonyl (C=O) groups excluding carboxylic acids is 1. The van der Waals surface area contributed by atoms with Crippen molar-refractivity contribution in [1.29, 1.82) is 0 Å². The van der Waals surface area contributed by atoms with E-state index >= 15 is 0 Å². The van der Waals surface area contributed by atoms with Gasteiger partial charge < -0.3 is 9.88 Å². The zero-order chi connectivity index (χ0) is 24.0. The molecule has 9 nitrogen and oxygen atoms in total. The van der Waals surface area contributed by atoms with E-state index in [0.717, 1.165) is 9.82 Å². The Kier molecular flexibility index (Phi) is 6.06. The summed E-state index contributed by atoms with van der Waals surface area (Å²) in [5.74, 6) is 0.459. The Bertz CT molecular complexity index is 1440. The number of benzene rings is 2. The highest BCUT2D eigenvalue weighted by Crippen LogP contribution is 2.32. The summed E-state index contributed by atoms with van der Waals surface area (Å²) in [4.78, 5) is 17.6. The number of fused-ring (bicyclic) bond motifs is 2. The number of carbonyl (C=O) groups is 1. The fourth-order valence-corrected chi connectivity index (χ4v) is 6.60. The molecule has 0 unspecified atom stereocenters. The van der Waals surface area contributed by atoms with Crippen LogP contribution in [0.5, 0.6) is 0 Å². The van der Waals surface area contributed by atoms with Crippen LogP contribution >= 0.6 is 0 Å². The molecule has 0 fully saturated rings. The first-order valence-corrected chi connectivity index (χ1v) is 13.6. The molecule has 1 atom stereocenters. The van der Waals surface area contributed by atoms with Crippen LogP contribution in [-0.4, -0.2) is 56.4 Å². The lowest BCUT2D eigenvalue weighted by Crippen LogP contribution is -2.34. The van der Waals surface area contributed by atoms with Gasteiger partial charge in [0.25, 0.3) is 0 Å². The molecule has 1 amide bonds. The van der Waals surface area contributed by atoms with Gasteiger partial charge >= 0.3 is 0 Å². The van der Waals surface area contributed by atoms with Crippen LogP contribution in [0.15, 0.2) is 52.3 Å². The number of aromatic nitrogens is 2. The summed E-state index contributed by atoms with van der Waals surface area (Å²) in [6, 6.07) is 11.2. The molecule has 4 rings (SSSR count). The van der Waals surface area contributed by atoms with Crippen LogP contribution in [0.25, 0.3) is 11.0 Å². The Morgan fingerprint density at radius 2 is 1.94 bits per heavy atom. The molecular formula is C22H26N4O5S2. The maximum atomic E-state index is 12.7. The number of imidazole rings is 1. The van der Waals surface area contributed by atoms with Crippen molar-refractivity contribution in [3.05, 3.63) is 53.9 Å². The largest absolute Gasteiger partial charge is 0.349 e. The Morgan fingerprint density at radius 3 is 2.67 bits per heavy atom. The van der Waals surface area contributed by atoms with Crippen LogP contribution in [-0.2, 0) is 38.1 Å². The van der Waals surface area contributed by atoms with Gasteiger partial charge in [-0.25, -0.2) is 26.1 Å². The monoisotopic (exact) mass is 490 g/mol. The van der Waals surface area contributed by atoms with Crippen LogP contribution in [0.1, 0.15) is 30.3 Å². The molecule has 0 spiro atoms. The maximum Gasteiger partial charge on any atom is 0.242 e. The molecule has 1 aliphatic heterocycles. The van der Waals surface area contributed by atoms with Crippen molar-refractivity contribution in [3.8, 4) is 0 Å². The highest BCUT2D eigenvalue weighted by molar-refractivity contribution is 7.91. The van der Waals surface area contributed by atoms with E-state index in [2.05, 4.69) is 10.3 Å². The Labute approximate surface area is 193 Å². The Hall–Kier alpha value is -2.76. The van der Waals surface area contributed by atoms with E-state index in [1.54, 1.807) is 36.4 Å². The van der Waals surface area contributed by atoms with Gasteiger partial charge in [0.1, 0.15) is 5.82 Å². The second-order valence-electron chi connectivity index (χ2n) is 8.29. The van der Waals surface area contributed by atoms with E-state index in [-0.39, 0.29) is 33.9 Å². The number of hydrogen-bond acceptors (Lipinski definition) is 6. The van der Waals surface area contributed by atoms with Crippen LogP contribution in [0.3, 0.4) is 0 Å². The Balaban J connectivity index is 1.49. The topological polar surface area (TPSA) is 118 Å². The molecule has 3 aromatic rings. The number of nitrogens with zero attached hydrogens (tertiary/aromatic N) is 3. The first kappa shape index (κ1) is 23.4. The van der Waals surface area contributed by atoms with Gasteiger partial charge in [-0.3, -0.25) is 4.79 Å². The molecule has 0 aliphatic carbocycles.